The Bertz CT molecular complexity index is 1170. The summed E-state index contributed by atoms with van der Waals surface area (Å²) in [6.07, 6.45) is 1.39. The minimum atomic E-state index is -0.872. The first-order valence-electron chi connectivity index (χ1n) is 10.4. The highest BCUT2D eigenvalue weighted by Crippen LogP contribution is 2.20. The summed E-state index contributed by atoms with van der Waals surface area (Å²) < 4.78 is 5.46. The summed E-state index contributed by atoms with van der Waals surface area (Å²) in [6.45, 7) is 1.60. The van der Waals surface area contributed by atoms with Crippen LogP contribution in [0.1, 0.15) is 24.1 Å². The number of benzene rings is 3. The monoisotopic (exact) mass is 478 g/mol. The fraction of sp³-hybridized carbons (Fsp3) is 0.120. The van der Waals surface area contributed by atoms with E-state index in [1.54, 1.807) is 55.5 Å². The molecule has 3 aromatic carbocycles. The van der Waals surface area contributed by atoms with Crippen molar-refractivity contribution < 1.29 is 19.1 Å². The van der Waals surface area contributed by atoms with Gasteiger partial charge in [-0.3, -0.25) is 14.4 Å². The van der Waals surface area contributed by atoms with Gasteiger partial charge < -0.3 is 15.4 Å². The van der Waals surface area contributed by atoms with Crippen molar-refractivity contribution in [1.29, 1.82) is 0 Å². The molecule has 3 aromatic rings. The van der Waals surface area contributed by atoms with Gasteiger partial charge in [0.1, 0.15) is 5.75 Å². The molecule has 0 saturated carbocycles. The smallest absolute Gasteiger partial charge is 0.329 e. The Morgan fingerprint density at radius 1 is 0.941 bits per heavy atom. The lowest BCUT2D eigenvalue weighted by molar-refractivity contribution is -0.139. The van der Waals surface area contributed by atoms with Crippen molar-refractivity contribution in [2.24, 2.45) is 5.10 Å². The first-order valence-corrected chi connectivity index (χ1v) is 10.8. The summed E-state index contributed by atoms with van der Waals surface area (Å²) >= 11 is 6.01. The summed E-state index contributed by atoms with van der Waals surface area (Å²) in [5.41, 5.74) is 4.25. The molecule has 0 saturated heterocycles. The number of nitrogens with zero attached hydrogens (tertiary/aromatic N) is 1. The molecule has 3 rings (SSSR count). The third-order valence-electron chi connectivity index (χ3n) is 4.63. The number of hydrogen-bond donors (Lipinski definition) is 3. The molecular weight excluding hydrogens is 456 g/mol. The number of ether oxygens (including phenoxy) is 1. The van der Waals surface area contributed by atoms with Gasteiger partial charge in [-0.15, -0.1) is 0 Å². The maximum absolute atomic E-state index is 12.0. The zero-order chi connectivity index (χ0) is 24.3. The molecule has 0 aliphatic heterocycles. The Balaban J connectivity index is 1.42. The number of carbonyl (C=O) groups excluding carboxylic acids is 3. The van der Waals surface area contributed by atoms with E-state index in [1.807, 2.05) is 30.3 Å². The van der Waals surface area contributed by atoms with Crippen LogP contribution in [-0.4, -0.2) is 30.5 Å². The lowest BCUT2D eigenvalue weighted by atomic mass is 10.1. The molecule has 1 atom stereocenters. The highest BCUT2D eigenvalue weighted by molar-refractivity contribution is 6.35. The predicted molar refractivity (Wildman–Crippen MR) is 131 cm³/mol. The number of amides is 3. The normalized spacial score (nSPS) is 11.5. The number of hydrogen-bond acceptors (Lipinski definition) is 5. The molecule has 0 heterocycles. The average Bonchev–Trinajstić information content (AvgIpc) is 2.85. The average molecular weight is 479 g/mol. The molecule has 0 bridgehead atoms. The van der Waals surface area contributed by atoms with Crippen LogP contribution in [0, 0.1) is 0 Å². The molecule has 0 aromatic heterocycles. The second-order valence-electron chi connectivity index (χ2n) is 7.19. The van der Waals surface area contributed by atoms with Gasteiger partial charge in [-0.1, -0.05) is 54.1 Å². The Hall–Kier alpha value is -4.17. The molecular formula is C25H23ClN4O4. The Labute approximate surface area is 202 Å². The number of halogens is 1. The number of anilines is 1. The maximum atomic E-state index is 12.0. The topological polar surface area (TPSA) is 109 Å². The number of hydrazone groups is 1. The van der Waals surface area contributed by atoms with E-state index in [0.717, 1.165) is 5.56 Å². The highest BCUT2D eigenvalue weighted by atomic mass is 35.5. The van der Waals surface area contributed by atoms with Crippen molar-refractivity contribution in [3.05, 3.63) is 95.0 Å². The van der Waals surface area contributed by atoms with Gasteiger partial charge in [0.25, 0.3) is 5.91 Å². The van der Waals surface area contributed by atoms with E-state index >= 15 is 0 Å². The Morgan fingerprint density at radius 2 is 1.62 bits per heavy atom. The predicted octanol–water partition coefficient (Wildman–Crippen LogP) is 3.69. The van der Waals surface area contributed by atoms with Crippen molar-refractivity contribution in [2.75, 3.05) is 11.9 Å². The van der Waals surface area contributed by atoms with Crippen LogP contribution in [0.4, 0.5) is 5.69 Å². The third kappa shape index (κ3) is 7.46. The van der Waals surface area contributed by atoms with E-state index in [4.69, 9.17) is 16.3 Å². The van der Waals surface area contributed by atoms with Crippen molar-refractivity contribution in [2.45, 2.75) is 13.0 Å². The first kappa shape index (κ1) is 24.5. The lowest BCUT2D eigenvalue weighted by Gasteiger charge is -2.13. The Morgan fingerprint density at radius 3 is 2.32 bits per heavy atom. The van der Waals surface area contributed by atoms with Crippen LogP contribution in [0.25, 0.3) is 0 Å². The van der Waals surface area contributed by atoms with Crippen molar-refractivity contribution in [3.63, 3.8) is 0 Å². The van der Waals surface area contributed by atoms with Gasteiger partial charge in [-0.25, -0.2) is 5.43 Å². The summed E-state index contributed by atoms with van der Waals surface area (Å²) in [5, 5.41) is 9.52. The minimum absolute atomic E-state index is 0.189. The summed E-state index contributed by atoms with van der Waals surface area (Å²) in [4.78, 5) is 36.0. The van der Waals surface area contributed by atoms with Gasteiger partial charge in [0, 0.05) is 0 Å². The quantitative estimate of drug-likeness (QED) is 0.260. The molecule has 0 aliphatic carbocycles. The molecule has 9 heteroatoms. The van der Waals surface area contributed by atoms with E-state index in [-0.39, 0.29) is 18.6 Å². The van der Waals surface area contributed by atoms with Crippen LogP contribution < -0.4 is 20.8 Å². The van der Waals surface area contributed by atoms with Gasteiger partial charge in [-0.2, -0.15) is 5.10 Å². The van der Waals surface area contributed by atoms with Crippen LogP contribution >= 0.6 is 11.6 Å². The third-order valence-corrected chi connectivity index (χ3v) is 4.96. The standard InChI is InChI=1S/C25H23ClN4O4/c1-17(19-7-3-2-4-8-19)28-24(32)25(33)30-27-15-18-11-13-20(14-12-18)34-16-23(31)29-22-10-6-5-9-21(22)26/h2-15,17H,16H2,1H3,(H,28,32)(H,29,31)(H,30,33)/b27-15-/t17-/m0/s1. The molecule has 0 unspecified atom stereocenters. The lowest BCUT2D eigenvalue weighted by Crippen LogP contribution is -2.39. The number of para-hydroxylation sites is 1. The van der Waals surface area contributed by atoms with Crippen LogP contribution in [0.2, 0.25) is 5.02 Å². The largest absolute Gasteiger partial charge is 0.484 e. The molecule has 0 spiro atoms. The van der Waals surface area contributed by atoms with Crippen molar-refractivity contribution in [1.82, 2.24) is 10.7 Å². The van der Waals surface area contributed by atoms with Crippen LogP contribution in [0.3, 0.4) is 0 Å². The second-order valence-corrected chi connectivity index (χ2v) is 7.60. The van der Waals surface area contributed by atoms with Crippen LogP contribution in [0.15, 0.2) is 84.0 Å². The second kappa shape index (κ2) is 12.2. The minimum Gasteiger partial charge on any atom is -0.484 e. The van der Waals surface area contributed by atoms with Crippen LogP contribution in [0.5, 0.6) is 5.75 Å². The van der Waals surface area contributed by atoms with E-state index in [0.29, 0.717) is 22.0 Å². The van der Waals surface area contributed by atoms with Gasteiger partial charge in [-0.05, 0) is 54.4 Å². The molecule has 0 fully saturated rings. The zero-order valence-corrected chi connectivity index (χ0v) is 19.1. The SMILES string of the molecule is C[C@H](NC(=O)C(=O)N/N=C\c1ccc(OCC(=O)Nc2ccccc2Cl)cc1)c1ccccc1. The fourth-order valence-corrected chi connectivity index (χ4v) is 3.03. The van der Waals surface area contributed by atoms with E-state index in [9.17, 15) is 14.4 Å². The van der Waals surface area contributed by atoms with Crippen molar-refractivity contribution >= 4 is 41.2 Å². The zero-order valence-electron chi connectivity index (χ0n) is 18.3. The van der Waals surface area contributed by atoms with Gasteiger partial charge in [0.2, 0.25) is 0 Å². The molecule has 3 amide bonds. The number of carbonyl (C=O) groups is 3. The fourth-order valence-electron chi connectivity index (χ4n) is 2.85. The number of nitrogens with one attached hydrogen (secondary N) is 3. The van der Waals surface area contributed by atoms with E-state index in [1.165, 1.54) is 6.21 Å². The van der Waals surface area contributed by atoms with E-state index in [2.05, 4.69) is 21.2 Å². The molecule has 34 heavy (non-hydrogen) atoms. The Kier molecular flexibility index (Phi) is 8.76. The van der Waals surface area contributed by atoms with Crippen molar-refractivity contribution in [3.8, 4) is 5.75 Å². The van der Waals surface area contributed by atoms with Gasteiger partial charge in [0.05, 0.1) is 23.0 Å². The first-order chi connectivity index (χ1) is 16.4. The summed E-state index contributed by atoms with van der Waals surface area (Å²) in [5.74, 6) is -1.53. The number of rotatable bonds is 8. The molecule has 8 nitrogen and oxygen atoms in total. The van der Waals surface area contributed by atoms with Gasteiger partial charge >= 0.3 is 11.8 Å². The molecule has 3 N–H and O–H groups in total. The summed E-state index contributed by atoms with van der Waals surface area (Å²) in [6, 6.07) is 22.6. The maximum Gasteiger partial charge on any atom is 0.329 e. The molecule has 0 aliphatic rings. The van der Waals surface area contributed by atoms with Gasteiger partial charge in [0.15, 0.2) is 6.61 Å². The van der Waals surface area contributed by atoms with E-state index < -0.39 is 11.8 Å². The highest BCUT2D eigenvalue weighted by Gasteiger charge is 2.16. The summed E-state index contributed by atoms with van der Waals surface area (Å²) in [7, 11) is 0. The van der Waals surface area contributed by atoms with Crippen LogP contribution in [-0.2, 0) is 14.4 Å². The molecule has 174 valence electrons. The molecule has 0 radical (unpaired) electrons.